The van der Waals surface area contributed by atoms with Crippen LogP contribution in [0.2, 0.25) is 0 Å². The molecule has 5 heteroatoms. The summed E-state index contributed by atoms with van der Waals surface area (Å²) in [6.45, 7) is 4.38. The zero-order valence-electron chi connectivity index (χ0n) is 8.09. The van der Waals surface area contributed by atoms with Crippen molar-refractivity contribution < 1.29 is 0 Å². The molecule has 0 aromatic carbocycles. The first kappa shape index (κ1) is 14.9. The predicted molar refractivity (Wildman–Crippen MR) is 73.4 cm³/mol. The summed E-state index contributed by atoms with van der Waals surface area (Å²) in [5.41, 5.74) is 6.05. The molecule has 0 aliphatic rings. The van der Waals surface area contributed by atoms with Gasteiger partial charge in [0.05, 0.1) is 3.79 Å². The highest BCUT2D eigenvalue weighted by Gasteiger charge is 2.12. The molecule has 0 fully saturated rings. The van der Waals surface area contributed by atoms with Crippen LogP contribution in [-0.2, 0) is 0 Å². The van der Waals surface area contributed by atoms with Crippen molar-refractivity contribution in [1.29, 1.82) is 0 Å². The van der Waals surface area contributed by atoms with Gasteiger partial charge in [0.15, 0.2) is 0 Å². The monoisotopic (exact) mass is 361 g/mol. The summed E-state index contributed by atoms with van der Waals surface area (Å²) in [7, 11) is 0. The molecule has 0 saturated carbocycles. The van der Waals surface area contributed by atoms with E-state index in [2.05, 4.69) is 51.8 Å². The normalized spacial score (nSPS) is 12.7. The summed E-state index contributed by atoms with van der Waals surface area (Å²) >= 11 is 8.63. The van der Waals surface area contributed by atoms with Gasteiger partial charge in [-0.1, -0.05) is 13.8 Å². The van der Waals surface area contributed by atoms with Gasteiger partial charge in [0.2, 0.25) is 0 Å². The average molecular weight is 364 g/mol. The summed E-state index contributed by atoms with van der Waals surface area (Å²) in [6, 6.07) is 2.27. The van der Waals surface area contributed by atoms with E-state index in [0.717, 1.165) is 14.7 Å². The van der Waals surface area contributed by atoms with Crippen LogP contribution < -0.4 is 5.73 Å². The van der Waals surface area contributed by atoms with Gasteiger partial charge in [-0.05, 0) is 50.3 Å². The van der Waals surface area contributed by atoms with E-state index in [9.17, 15) is 0 Å². The van der Waals surface area contributed by atoms with Crippen LogP contribution in [0.1, 0.15) is 31.2 Å². The van der Waals surface area contributed by atoms with Gasteiger partial charge in [-0.2, -0.15) is 0 Å². The number of hydrogen-bond acceptors (Lipinski definition) is 2. The lowest BCUT2D eigenvalue weighted by Crippen LogP contribution is -2.11. The second-order valence-corrected chi connectivity index (χ2v) is 6.76. The lowest BCUT2D eigenvalue weighted by atomic mass is 10.0. The maximum absolute atomic E-state index is 6.05. The minimum atomic E-state index is 0. The Labute approximate surface area is 112 Å². The molecule has 2 N–H and O–H groups in total. The molecule has 1 aromatic heterocycles. The number of halogens is 3. The van der Waals surface area contributed by atoms with E-state index >= 15 is 0 Å². The Morgan fingerprint density at radius 3 is 2.36 bits per heavy atom. The van der Waals surface area contributed by atoms with Crippen LogP contribution in [0.4, 0.5) is 0 Å². The van der Waals surface area contributed by atoms with Crippen molar-refractivity contribution in [3.05, 3.63) is 19.2 Å². The van der Waals surface area contributed by atoms with Gasteiger partial charge < -0.3 is 5.73 Å². The number of rotatable bonds is 3. The largest absolute Gasteiger partial charge is 0.323 e. The Morgan fingerprint density at radius 1 is 1.43 bits per heavy atom. The highest BCUT2D eigenvalue weighted by Crippen LogP contribution is 2.36. The van der Waals surface area contributed by atoms with E-state index in [4.69, 9.17) is 5.73 Å². The molecule has 0 bridgehead atoms. The molecule has 1 atom stereocenters. The summed E-state index contributed by atoms with van der Waals surface area (Å²) in [6.07, 6.45) is 1.04. The Balaban J connectivity index is 0.00000169. The second kappa shape index (κ2) is 6.48. The molecule has 0 aliphatic heterocycles. The third kappa shape index (κ3) is 4.19. The molecule has 1 nitrogen and oxygen atoms in total. The van der Waals surface area contributed by atoms with Crippen molar-refractivity contribution in [2.45, 2.75) is 26.3 Å². The molecule has 0 saturated heterocycles. The molecular formula is C9H14Br2ClNS. The van der Waals surface area contributed by atoms with Crippen LogP contribution in [-0.4, -0.2) is 0 Å². The van der Waals surface area contributed by atoms with E-state index in [-0.39, 0.29) is 18.4 Å². The fourth-order valence-corrected chi connectivity index (χ4v) is 3.27. The van der Waals surface area contributed by atoms with Crippen LogP contribution in [0.3, 0.4) is 0 Å². The second-order valence-electron chi connectivity index (χ2n) is 3.51. The van der Waals surface area contributed by atoms with Gasteiger partial charge >= 0.3 is 0 Å². The van der Waals surface area contributed by atoms with Crippen molar-refractivity contribution in [2.75, 3.05) is 0 Å². The van der Waals surface area contributed by atoms with Gasteiger partial charge in [0.25, 0.3) is 0 Å². The summed E-state index contributed by atoms with van der Waals surface area (Å²) in [5.74, 6) is 0.648. The molecule has 0 unspecified atom stereocenters. The standard InChI is InChI=1S/C9H13Br2NS.ClH/c1-5(2)3-7(12)8-4-6(10)9(11)13-8;/h4-5,7H,3,12H2,1-2H3;1H/t7-;/m1./s1. The first-order valence-corrected chi connectivity index (χ1v) is 6.61. The molecular weight excluding hydrogens is 349 g/mol. The number of thiophene rings is 1. The first-order valence-electron chi connectivity index (χ1n) is 4.21. The molecule has 1 rings (SSSR count). The quantitative estimate of drug-likeness (QED) is 0.825. The SMILES string of the molecule is CC(C)C[C@@H](N)c1cc(Br)c(Br)s1.Cl. The summed E-state index contributed by atoms with van der Waals surface area (Å²) < 4.78 is 2.23. The fourth-order valence-electron chi connectivity index (χ4n) is 1.17. The molecule has 1 heterocycles. The highest BCUT2D eigenvalue weighted by molar-refractivity contribution is 9.13. The Bertz CT molecular complexity index is 269. The minimum Gasteiger partial charge on any atom is -0.323 e. The number of nitrogens with two attached hydrogens (primary N) is 1. The lowest BCUT2D eigenvalue weighted by molar-refractivity contribution is 0.515. The van der Waals surface area contributed by atoms with E-state index in [1.165, 1.54) is 4.88 Å². The van der Waals surface area contributed by atoms with Gasteiger partial charge in [0.1, 0.15) is 0 Å². The van der Waals surface area contributed by atoms with E-state index in [1.807, 2.05) is 0 Å². The lowest BCUT2D eigenvalue weighted by Gasteiger charge is -2.11. The van der Waals surface area contributed by atoms with Gasteiger partial charge in [-0.25, -0.2) is 0 Å². The van der Waals surface area contributed by atoms with E-state index in [1.54, 1.807) is 11.3 Å². The van der Waals surface area contributed by atoms with Gasteiger partial charge in [-0.3, -0.25) is 0 Å². The topological polar surface area (TPSA) is 26.0 Å². The van der Waals surface area contributed by atoms with Crippen LogP contribution in [0.25, 0.3) is 0 Å². The molecule has 0 amide bonds. The van der Waals surface area contributed by atoms with E-state index in [0.29, 0.717) is 5.92 Å². The molecule has 0 radical (unpaired) electrons. The van der Waals surface area contributed by atoms with Crippen molar-refractivity contribution in [1.82, 2.24) is 0 Å². The molecule has 0 aliphatic carbocycles. The maximum atomic E-state index is 6.05. The van der Waals surface area contributed by atoms with Gasteiger partial charge in [-0.15, -0.1) is 23.7 Å². The third-order valence-corrected chi connectivity index (χ3v) is 5.14. The van der Waals surface area contributed by atoms with Crippen LogP contribution in [0.5, 0.6) is 0 Å². The molecule has 0 spiro atoms. The number of hydrogen-bond donors (Lipinski definition) is 1. The van der Waals surface area contributed by atoms with Crippen LogP contribution >= 0.6 is 55.6 Å². The Morgan fingerprint density at radius 2 is 2.00 bits per heavy atom. The summed E-state index contributed by atoms with van der Waals surface area (Å²) in [5, 5.41) is 0. The molecule has 14 heavy (non-hydrogen) atoms. The Kier molecular flexibility index (Phi) is 6.90. The van der Waals surface area contributed by atoms with Crippen molar-refractivity contribution >= 4 is 55.6 Å². The van der Waals surface area contributed by atoms with Gasteiger partial charge in [0, 0.05) is 15.4 Å². The highest BCUT2D eigenvalue weighted by atomic mass is 79.9. The Hall–Kier alpha value is 0.910. The predicted octanol–water partition coefficient (Wildman–Crippen LogP) is 4.74. The van der Waals surface area contributed by atoms with Crippen LogP contribution in [0, 0.1) is 5.92 Å². The smallest absolute Gasteiger partial charge is 0.0843 e. The summed E-state index contributed by atoms with van der Waals surface area (Å²) in [4.78, 5) is 1.24. The minimum absolute atomic E-state index is 0. The average Bonchev–Trinajstić information content (AvgIpc) is 2.31. The van der Waals surface area contributed by atoms with Crippen molar-refractivity contribution in [3.63, 3.8) is 0 Å². The molecule has 82 valence electrons. The van der Waals surface area contributed by atoms with E-state index < -0.39 is 0 Å². The zero-order valence-corrected chi connectivity index (χ0v) is 12.9. The maximum Gasteiger partial charge on any atom is 0.0843 e. The first-order chi connectivity index (χ1) is 6.00. The third-order valence-electron chi connectivity index (χ3n) is 1.75. The zero-order chi connectivity index (χ0) is 10.0. The van der Waals surface area contributed by atoms with Crippen molar-refractivity contribution in [2.24, 2.45) is 11.7 Å². The molecule has 1 aromatic rings. The fraction of sp³-hybridized carbons (Fsp3) is 0.556. The van der Waals surface area contributed by atoms with Crippen molar-refractivity contribution in [3.8, 4) is 0 Å². The van der Waals surface area contributed by atoms with Crippen LogP contribution in [0.15, 0.2) is 14.3 Å².